The molecule has 0 radical (unpaired) electrons. The summed E-state index contributed by atoms with van der Waals surface area (Å²) in [5.74, 6) is -0.588. The lowest BCUT2D eigenvalue weighted by Crippen LogP contribution is -2.29. The first-order chi connectivity index (χ1) is 3.50. The summed E-state index contributed by atoms with van der Waals surface area (Å²) in [5, 5.41) is 8.35. The van der Waals surface area contributed by atoms with Gasteiger partial charge in [-0.1, -0.05) is 15.9 Å². The first kappa shape index (κ1) is 8.30. The molecule has 8 heavy (non-hydrogen) atoms. The van der Waals surface area contributed by atoms with Crippen LogP contribution in [0.1, 0.15) is 6.92 Å². The summed E-state index contributed by atoms with van der Waals surface area (Å²) >= 11 is 6.78. The molecule has 0 rings (SSSR count). The highest BCUT2D eigenvalue weighted by atomic mass is 79.9. The lowest BCUT2D eigenvalue weighted by molar-refractivity contribution is -0.138. The number of alkyl halides is 1. The third-order valence-corrected chi connectivity index (χ3v) is 2.43. The van der Waals surface area contributed by atoms with Gasteiger partial charge in [-0.25, -0.2) is 0 Å². The van der Waals surface area contributed by atoms with Crippen molar-refractivity contribution in [3.8, 4) is 0 Å². The van der Waals surface area contributed by atoms with Crippen LogP contribution in [0.15, 0.2) is 0 Å². The smallest absolute Gasteiger partial charge is 0.320 e. The van der Waals surface area contributed by atoms with Gasteiger partial charge < -0.3 is 5.11 Å². The first-order valence-corrected chi connectivity index (χ1v) is 3.46. The van der Waals surface area contributed by atoms with Crippen LogP contribution in [0, 0.1) is 0 Å². The van der Waals surface area contributed by atoms with E-state index in [-0.39, 0.29) is 0 Å². The lowest BCUT2D eigenvalue weighted by atomic mass is 10.2. The minimum Gasteiger partial charge on any atom is -0.480 e. The Hall–Kier alpha value is 0.300. The molecule has 0 bridgehead atoms. The van der Waals surface area contributed by atoms with E-state index in [0.717, 1.165) is 0 Å². The maximum atomic E-state index is 10.2. The van der Waals surface area contributed by atoms with Crippen LogP contribution in [0.3, 0.4) is 0 Å². The fourth-order valence-electron chi connectivity index (χ4n) is 0.0676. The van der Waals surface area contributed by atoms with Gasteiger partial charge in [0.25, 0.3) is 0 Å². The van der Waals surface area contributed by atoms with E-state index in [4.69, 9.17) is 5.11 Å². The number of thiol groups is 1. The monoisotopic (exact) mass is 198 g/mol. The van der Waals surface area contributed by atoms with Gasteiger partial charge in [0.2, 0.25) is 0 Å². The Morgan fingerprint density at radius 2 is 2.38 bits per heavy atom. The Morgan fingerprint density at radius 3 is 2.38 bits per heavy atom. The Morgan fingerprint density at radius 1 is 2.00 bits per heavy atom. The fourth-order valence-corrected chi connectivity index (χ4v) is 0.203. The zero-order valence-electron chi connectivity index (χ0n) is 4.39. The first-order valence-electron chi connectivity index (χ1n) is 2.04. The van der Waals surface area contributed by atoms with Crippen LogP contribution >= 0.6 is 28.6 Å². The van der Waals surface area contributed by atoms with E-state index in [1.807, 2.05) is 0 Å². The molecular formula is C4H7BrO2S. The number of hydrogen-bond donors (Lipinski definition) is 2. The van der Waals surface area contributed by atoms with Crippen molar-refractivity contribution in [1.82, 2.24) is 0 Å². The number of halogens is 1. The van der Waals surface area contributed by atoms with Gasteiger partial charge in [-0.2, -0.15) is 12.6 Å². The minimum atomic E-state index is -0.882. The third kappa shape index (κ3) is 2.05. The van der Waals surface area contributed by atoms with E-state index in [0.29, 0.717) is 5.75 Å². The van der Waals surface area contributed by atoms with Crippen LogP contribution in [0.5, 0.6) is 0 Å². The number of aliphatic carboxylic acids is 1. The normalized spacial score (nSPS) is 17.4. The molecule has 0 saturated carbocycles. The molecule has 0 aromatic heterocycles. The molecule has 0 amide bonds. The molecule has 1 unspecified atom stereocenters. The minimum absolute atomic E-state index is 0.294. The molecule has 0 fully saturated rings. The second-order valence-electron chi connectivity index (χ2n) is 1.66. The maximum absolute atomic E-state index is 10.2. The Bertz CT molecular complexity index is 102. The van der Waals surface area contributed by atoms with Gasteiger partial charge in [-0.15, -0.1) is 0 Å². The van der Waals surface area contributed by atoms with Gasteiger partial charge in [0.05, 0.1) is 0 Å². The largest absolute Gasteiger partial charge is 0.480 e. The number of carboxylic acids is 1. The highest BCUT2D eigenvalue weighted by Gasteiger charge is 2.27. The van der Waals surface area contributed by atoms with Crippen LogP contribution < -0.4 is 0 Å². The number of carboxylic acid groups (broad SMARTS) is 1. The predicted molar refractivity (Wildman–Crippen MR) is 38.8 cm³/mol. The summed E-state index contributed by atoms with van der Waals surface area (Å²) in [7, 11) is 0. The van der Waals surface area contributed by atoms with Gasteiger partial charge in [0.1, 0.15) is 4.32 Å². The number of rotatable bonds is 2. The maximum Gasteiger partial charge on any atom is 0.320 e. The Balaban J connectivity index is 3.91. The van der Waals surface area contributed by atoms with Crippen LogP contribution in [-0.2, 0) is 4.79 Å². The standard InChI is InChI=1S/C4H7BrO2S/c1-4(5,2-8)3(6)7/h8H,2H2,1H3,(H,6,7). The van der Waals surface area contributed by atoms with Gasteiger partial charge in [0.15, 0.2) is 0 Å². The fraction of sp³-hybridized carbons (Fsp3) is 0.750. The molecule has 0 aliphatic carbocycles. The molecule has 0 saturated heterocycles. The van der Waals surface area contributed by atoms with Crippen molar-refractivity contribution in [2.45, 2.75) is 11.2 Å². The van der Waals surface area contributed by atoms with Crippen molar-refractivity contribution in [1.29, 1.82) is 0 Å². The highest BCUT2D eigenvalue weighted by molar-refractivity contribution is 9.10. The van der Waals surface area contributed by atoms with Crippen molar-refractivity contribution in [3.05, 3.63) is 0 Å². The van der Waals surface area contributed by atoms with Crippen LogP contribution in [-0.4, -0.2) is 21.2 Å². The van der Waals surface area contributed by atoms with Crippen molar-refractivity contribution >= 4 is 34.5 Å². The average molecular weight is 199 g/mol. The molecule has 0 aliphatic heterocycles. The molecule has 2 nitrogen and oxygen atoms in total. The van der Waals surface area contributed by atoms with Crippen molar-refractivity contribution in [3.63, 3.8) is 0 Å². The van der Waals surface area contributed by atoms with Crippen LogP contribution in [0.2, 0.25) is 0 Å². The van der Waals surface area contributed by atoms with Crippen LogP contribution in [0.25, 0.3) is 0 Å². The Labute approximate surface area is 61.8 Å². The molecule has 0 aromatic rings. The number of carbonyl (C=O) groups is 1. The van der Waals surface area contributed by atoms with E-state index in [9.17, 15) is 4.79 Å². The molecule has 1 N–H and O–H groups in total. The summed E-state index contributed by atoms with van der Waals surface area (Å²) < 4.78 is -0.865. The second kappa shape index (κ2) is 2.73. The quantitative estimate of drug-likeness (QED) is 0.517. The van der Waals surface area contributed by atoms with Gasteiger partial charge >= 0.3 is 5.97 Å². The van der Waals surface area contributed by atoms with E-state index in [2.05, 4.69) is 28.6 Å². The second-order valence-corrected chi connectivity index (χ2v) is 3.73. The molecular weight excluding hydrogens is 192 g/mol. The summed E-state index contributed by atoms with van der Waals surface area (Å²) in [6.07, 6.45) is 0. The van der Waals surface area contributed by atoms with E-state index in [1.165, 1.54) is 0 Å². The van der Waals surface area contributed by atoms with E-state index < -0.39 is 10.3 Å². The molecule has 0 aliphatic rings. The van der Waals surface area contributed by atoms with Crippen molar-refractivity contribution in [2.75, 3.05) is 5.75 Å². The zero-order valence-corrected chi connectivity index (χ0v) is 6.87. The Kier molecular flexibility index (Phi) is 2.83. The molecule has 0 heterocycles. The van der Waals surface area contributed by atoms with Crippen molar-refractivity contribution < 1.29 is 9.90 Å². The van der Waals surface area contributed by atoms with Gasteiger partial charge in [0, 0.05) is 5.75 Å². The zero-order chi connectivity index (χ0) is 6.78. The van der Waals surface area contributed by atoms with Crippen molar-refractivity contribution in [2.24, 2.45) is 0 Å². The summed E-state index contributed by atoms with van der Waals surface area (Å²) in [6, 6.07) is 0. The molecule has 48 valence electrons. The molecule has 0 spiro atoms. The lowest BCUT2D eigenvalue weighted by Gasteiger charge is -2.11. The summed E-state index contributed by atoms with van der Waals surface area (Å²) in [4.78, 5) is 10.2. The molecule has 1 atom stereocenters. The summed E-state index contributed by atoms with van der Waals surface area (Å²) in [5.41, 5.74) is 0. The molecule has 0 aromatic carbocycles. The van der Waals surface area contributed by atoms with Gasteiger partial charge in [-0.3, -0.25) is 4.79 Å². The average Bonchev–Trinajstić information content (AvgIpc) is 1.67. The van der Waals surface area contributed by atoms with E-state index in [1.54, 1.807) is 6.92 Å². The van der Waals surface area contributed by atoms with E-state index >= 15 is 0 Å². The SMILES string of the molecule is CC(Br)(CS)C(=O)O. The summed E-state index contributed by atoms with van der Waals surface area (Å²) in [6.45, 7) is 1.56. The predicted octanol–water partition coefficient (Wildman–Crippen LogP) is 1.15. The topological polar surface area (TPSA) is 37.3 Å². The van der Waals surface area contributed by atoms with Crippen LogP contribution in [0.4, 0.5) is 0 Å². The van der Waals surface area contributed by atoms with Gasteiger partial charge in [-0.05, 0) is 6.92 Å². The third-order valence-electron chi connectivity index (χ3n) is 0.743. The highest BCUT2D eigenvalue weighted by Crippen LogP contribution is 2.17. The molecule has 4 heteroatoms. The number of hydrogen-bond acceptors (Lipinski definition) is 2.